The summed E-state index contributed by atoms with van der Waals surface area (Å²) in [5, 5.41) is -0.385. The second kappa shape index (κ2) is 5.86. The fourth-order valence-electron chi connectivity index (χ4n) is 1.52. The standard InChI is InChI=1S/C11H15ClN2O2S2/c1-3-10(11(13)17)18(15,16)14-9-6-4-5-8(12)7(9)2/h4-6,10,14H,3H2,1-2H3,(H2,13,17). The van der Waals surface area contributed by atoms with Crippen LogP contribution in [-0.4, -0.2) is 18.7 Å². The molecule has 4 nitrogen and oxygen atoms in total. The Balaban J connectivity index is 3.10. The summed E-state index contributed by atoms with van der Waals surface area (Å²) < 4.78 is 26.7. The summed E-state index contributed by atoms with van der Waals surface area (Å²) in [6.45, 7) is 3.45. The molecule has 0 radical (unpaired) electrons. The van der Waals surface area contributed by atoms with Crippen molar-refractivity contribution in [3.63, 3.8) is 0 Å². The molecule has 0 aromatic heterocycles. The zero-order chi connectivity index (χ0) is 13.9. The normalized spacial score (nSPS) is 13.1. The smallest absolute Gasteiger partial charge is 0.242 e. The lowest BCUT2D eigenvalue weighted by Gasteiger charge is -2.17. The molecule has 1 aromatic rings. The third kappa shape index (κ3) is 3.34. The highest BCUT2D eigenvalue weighted by Crippen LogP contribution is 2.24. The molecule has 0 aliphatic carbocycles. The largest absolute Gasteiger partial charge is 0.392 e. The number of hydrogen-bond donors (Lipinski definition) is 2. The van der Waals surface area contributed by atoms with Gasteiger partial charge in [-0.25, -0.2) is 8.42 Å². The number of rotatable bonds is 5. The van der Waals surface area contributed by atoms with Crippen molar-refractivity contribution in [1.29, 1.82) is 0 Å². The summed E-state index contributed by atoms with van der Waals surface area (Å²) in [4.78, 5) is -0.0373. The Labute approximate surface area is 118 Å². The minimum Gasteiger partial charge on any atom is -0.392 e. The average molecular weight is 307 g/mol. The van der Waals surface area contributed by atoms with Gasteiger partial charge in [-0.2, -0.15) is 0 Å². The van der Waals surface area contributed by atoms with Crippen LogP contribution in [0.2, 0.25) is 5.02 Å². The Morgan fingerprint density at radius 1 is 1.56 bits per heavy atom. The molecule has 0 aliphatic heterocycles. The number of nitrogens with two attached hydrogens (primary N) is 1. The fourth-order valence-corrected chi connectivity index (χ4v) is 3.65. The van der Waals surface area contributed by atoms with Gasteiger partial charge in [0.2, 0.25) is 10.0 Å². The maximum absolute atomic E-state index is 12.1. The predicted octanol–water partition coefficient (Wildman–Crippen LogP) is 2.45. The van der Waals surface area contributed by atoms with E-state index in [0.717, 1.165) is 0 Å². The van der Waals surface area contributed by atoms with Crippen LogP contribution in [0.3, 0.4) is 0 Å². The molecule has 0 spiro atoms. The van der Waals surface area contributed by atoms with Crippen LogP contribution in [0, 0.1) is 6.92 Å². The van der Waals surface area contributed by atoms with Crippen molar-refractivity contribution in [2.24, 2.45) is 5.73 Å². The van der Waals surface area contributed by atoms with Gasteiger partial charge in [-0.3, -0.25) is 4.72 Å². The van der Waals surface area contributed by atoms with Gasteiger partial charge in [0, 0.05) is 5.02 Å². The van der Waals surface area contributed by atoms with E-state index in [2.05, 4.69) is 4.72 Å². The van der Waals surface area contributed by atoms with Crippen LogP contribution >= 0.6 is 23.8 Å². The molecular weight excluding hydrogens is 292 g/mol. The van der Waals surface area contributed by atoms with E-state index < -0.39 is 15.3 Å². The Hall–Kier alpha value is -0.850. The van der Waals surface area contributed by atoms with E-state index in [-0.39, 0.29) is 4.99 Å². The molecule has 1 unspecified atom stereocenters. The second-order valence-corrected chi connectivity index (χ2v) is 6.60. The topological polar surface area (TPSA) is 72.2 Å². The summed E-state index contributed by atoms with van der Waals surface area (Å²) >= 11 is 10.7. The van der Waals surface area contributed by atoms with Gasteiger partial charge >= 0.3 is 0 Å². The third-order valence-electron chi connectivity index (χ3n) is 2.58. The SMILES string of the molecule is CCC(C(N)=S)S(=O)(=O)Nc1cccc(Cl)c1C. The lowest BCUT2D eigenvalue weighted by molar-refractivity contribution is 0.594. The summed E-state index contributed by atoms with van der Waals surface area (Å²) in [6, 6.07) is 5.01. The molecule has 0 bridgehead atoms. The van der Waals surface area contributed by atoms with Crippen LogP contribution in [0.1, 0.15) is 18.9 Å². The molecule has 0 amide bonds. The van der Waals surface area contributed by atoms with Crippen molar-refractivity contribution in [1.82, 2.24) is 0 Å². The number of benzene rings is 1. The first-order valence-corrected chi connectivity index (χ1v) is 7.69. The van der Waals surface area contributed by atoms with Crippen molar-refractivity contribution >= 4 is 44.5 Å². The molecule has 0 aliphatic rings. The number of thiocarbonyl (C=S) groups is 1. The summed E-state index contributed by atoms with van der Waals surface area (Å²) in [5.41, 5.74) is 6.55. The second-order valence-electron chi connectivity index (χ2n) is 3.86. The van der Waals surface area contributed by atoms with Crippen molar-refractivity contribution in [2.75, 3.05) is 4.72 Å². The van der Waals surface area contributed by atoms with Gasteiger partial charge in [-0.05, 0) is 31.0 Å². The van der Waals surface area contributed by atoms with E-state index in [0.29, 0.717) is 22.7 Å². The fraction of sp³-hybridized carbons (Fsp3) is 0.364. The van der Waals surface area contributed by atoms with Crippen LogP contribution in [0.25, 0.3) is 0 Å². The maximum Gasteiger partial charge on any atom is 0.242 e. The van der Waals surface area contributed by atoms with Crippen LogP contribution in [0.5, 0.6) is 0 Å². The van der Waals surface area contributed by atoms with E-state index >= 15 is 0 Å². The first-order valence-electron chi connectivity index (χ1n) is 5.35. The molecule has 7 heteroatoms. The van der Waals surface area contributed by atoms with Crippen molar-refractivity contribution in [3.05, 3.63) is 28.8 Å². The Kier molecular flexibility index (Phi) is 4.95. The summed E-state index contributed by atoms with van der Waals surface area (Å²) in [5.74, 6) is 0. The molecule has 18 heavy (non-hydrogen) atoms. The molecule has 0 heterocycles. The third-order valence-corrected chi connectivity index (χ3v) is 5.27. The highest BCUT2D eigenvalue weighted by atomic mass is 35.5. The number of nitrogens with one attached hydrogen (secondary N) is 1. The summed E-state index contributed by atoms with van der Waals surface area (Å²) in [6.07, 6.45) is 0.324. The zero-order valence-corrected chi connectivity index (χ0v) is 12.5. The minimum absolute atomic E-state index is 0.0373. The van der Waals surface area contributed by atoms with E-state index in [4.69, 9.17) is 29.6 Å². The van der Waals surface area contributed by atoms with Crippen molar-refractivity contribution in [3.8, 4) is 0 Å². The van der Waals surface area contributed by atoms with Gasteiger partial charge in [-0.15, -0.1) is 0 Å². The van der Waals surface area contributed by atoms with Crippen molar-refractivity contribution in [2.45, 2.75) is 25.5 Å². The first-order chi connectivity index (χ1) is 8.29. The first kappa shape index (κ1) is 15.2. The van der Waals surface area contributed by atoms with Gasteiger partial charge in [0.25, 0.3) is 0 Å². The van der Waals surface area contributed by atoms with E-state index in [1.54, 1.807) is 32.0 Å². The predicted molar refractivity (Wildman–Crippen MR) is 79.6 cm³/mol. The van der Waals surface area contributed by atoms with E-state index in [1.165, 1.54) is 0 Å². The molecule has 0 fully saturated rings. The van der Waals surface area contributed by atoms with E-state index in [9.17, 15) is 8.42 Å². The number of halogens is 1. The molecular formula is C11H15ClN2O2S2. The van der Waals surface area contributed by atoms with Crippen LogP contribution in [0.15, 0.2) is 18.2 Å². The average Bonchev–Trinajstić information content (AvgIpc) is 2.24. The molecule has 1 aromatic carbocycles. The molecule has 0 saturated heterocycles. The number of hydrogen-bond acceptors (Lipinski definition) is 3. The summed E-state index contributed by atoms with van der Waals surface area (Å²) in [7, 11) is -3.64. The lowest BCUT2D eigenvalue weighted by atomic mass is 10.2. The molecule has 1 atom stereocenters. The number of sulfonamides is 1. The molecule has 0 saturated carbocycles. The van der Waals surface area contributed by atoms with Crippen LogP contribution < -0.4 is 10.5 Å². The Morgan fingerprint density at radius 2 is 2.17 bits per heavy atom. The van der Waals surface area contributed by atoms with Gasteiger partial charge in [0.15, 0.2) is 0 Å². The highest BCUT2D eigenvalue weighted by Gasteiger charge is 2.26. The highest BCUT2D eigenvalue weighted by molar-refractivity contribution is 7.95. The van der Waals surface area contributed by atoms with Crippen molar-refractivity contribution < 1.29 is 8.42 Å². The quantitative estimate of drug-likeness (QED) is 0.820. The van der Waals surface area contributed by atoms with E-state index in [1.807, 2.05) is 0 Å². The van der Waals surface area contributed by atoms with Gasteiger partial charge < -0.3 is 5.73 Å². The van der Waals surface area contributed by atoms with Gasteiger partial charge in [0.05, 0.1) is 10.7 Å². The maximum atomic E-state index is 12.1. The zero-order valence-electron chi connectivity index (χ0n) is 10.1. The Bertz CT molecular complexity index is 558. The monoisotopic (exact) mass is 306 g/mol. The molecule has 100 valence electrons. The van der Waals surface area contributed by atoms with Gasteiger partial charge in [0.1, 0.15) is 5.25 Å². The van der Waals surface area contributed by atoms with Crippen LogP contribution in [0.4, 0.5) is 5.69 Å². The minimum atomic E-state index is -3.64. The van der Waals surface area contributed by atoms with Gasteiger partial charge in [-0.1, -0.05) is 36.8 Å². The molecule has 3 N–H and O–H groups in total. The molecule has 1 rings (SSSR count). The van der Waals surface area contributed by atoms with Crippen LogP contribution in [-0.2, 0) is 10.0 Å². The lowest BCUT2D eigenvalue weighted by Crippen LogP contribution is -2.37. The Morgan fingerprint density at radius 3 is 2.67 bits per heavy atom. The number of anilines is 1.